The second kappa shape index (κ2) is 4.94. The maximum Gasteiger partial charge on any atom is 0.257 e. The van der Waals surface area contributed by atoms with E-state index in [2.05, 4.69) is 10.3 Å². The molecule has 3 aromatic rings. The summed E-state index contributed by atoms with van der Waals surface area (Å²) in [6, 6.07) is 9.91. The van der Waals surface area contributed by atoms with Crippen molar-refractivity contribution in [2.45, 2.75) is 6.92 Å². The highest BCUT2D eigenvalue weighted by atomic mass is 19.1. The third-order valence-corrected chi connectivity index (χ3v) is 3.32. The van der Waals surface area contributed by atoms with Gasteiger partial charge in [0, 0.05) is 22.8 Å². The van der Waals surface area contributed by atoms with Crippen molar-refractivity contribution in [2.75, 3.05) is 11.1 Å². The number of aromatic amines is 1. The molecular formula is C16H14FN3O. The maximum absolute atomic E-state index is 13.8. The predicted molar refractivity (Wildman–Crippen MR) is 81.8 cm³/mol. The molecule has 106 valence electrons. The molecule has 21 heavy (non-hydrogen) atoms. The molecule has 3 rings (SSSR count). The fraction of sp³-hybridized carbons (Fsp3) is 0.0625. The molecule has 1 heterocycles. The standard InChI is InChI=1S/C16H14FN3O/c1-9-2-5-14(13(17)6-9)20-16(21)12-8-19-15-7-10(18)3-4-11(12)15/h2-8,19H,18H2,1H3,(H,20,21). The zero-order valence-electron chi connectivity index (χ0n) is 11.4. The van der Waals surface area contributed by atoms with Gasteiger partial charge in [0.25, 0.3) is 5.91 Å². The average Bonchev–Trinajstić information content (AvgIpc) is 2.84. The van der Waals surface area contributed by atoms with Gasteiger partial charge in [0.05, 0.1) is 11.3 Å². The Balaban J connectivity index is 1.94. The number of H-pyrrole nitrogens is 1. The molecular weight excluding hydrogens is 269 g/mol. The lowest BCUT2D eigenvalue weighted by Crippen LogP contribution is -2.12. The van der Waals surface area contributed by atoms with E-state index in [-0.39, 0.29) is 11.6 Å². The Morgan fingerprint density at radius 3 is 2.81 bits per heavy atom. The fourth-order valence-electron chi connectivity index (χ4n) is 2.24. The van der Waals surface area contributed by atoms with E-state index in [4.69, 9.17) is 5.73 Å². The Bertz CT molecular complexity index is 839. The second-order valence-electron chi connectivity index (χ2n) is 4.94. The molecule has 0 unspecified atom stereocenters. The number of carbonyl (C=O) groups excluding carboxylic acids is 1. The SMILES string of the molecule is Cc1ccc(NC(=O)c2c[nH]c3cc(N)ccc23)c(F)c1. The van der Waals surface area contributed by atoms with Gasteiger partial charge in [-0.25, -0.2) is 4.39 Å². The Morgan fingerprint density at radius 1 is 1.24 bits per heavy atom. The van der Waals surface area contributed by atoms with Gasteiger partial charge in [0.1, 0.15) is 5.82 Å². The van der Waals surface area contributed by atoms with E-state index >= 15 is 0 Å². The highest BCUT2D eigenvalue weighted by Gasteiger charge is 2.14. The van der Waals surface area contributed by atoms with E-state index in [1.807, 2.05) is 0 Å². The van der Waals surface area contributed by atoms with E-state index in [1.165, 1.54) is 6.07 Å². The zero-order valence-corrected chi connectivity index (χ0v) is 11.4. The molecule has 0 bridgehead atoms. The Labute approximate surface area is 120 Å². The number of anilines is 2. The van der Waals surface area contributed by atoms with Crippen molar-refractivity contribution in [1.82, 2.24) is 4.98 Å². The Morgan fingerprint density at radius 2 is 2.05 bits per heavy atom. The molecule has 5 heteroatoms. The number of aryl methyl sites for hydroxylation is 1. The number of fused-ring (bicyclic) bond motifs is 1. The van der Waals surface area contributed by atoms with Gasteiger partial charge in [-0.3, -0.25) is 4.79 Å². The summed E-state index contributed by atoms with van der Waals surface area (Å²) in [5.41, 5.74) is 8.49. The second-order valence-corrected chi connectivity index (χ2v) is 4.94. The normalized spacial score (nSPS) is 10.8. The molecule has 0 aliphatic carbocycles. The largest absolute Gasteiger partial charge is 0.399 e. The Kier molecular flexibility index (Phi) is 3.10. The van der Waals surface area contributed by atoms with Gasteiger partial charge < -0.3 is 16.0 Å². The molecule has 0 atom stereocenters. The first-order valence-electron chi connectivity index (χ1n) is 6.49. The van der Waals surface area contributed by atoms with Gasteiger partial charge in [-0.15, -0.1) is 0 Å². The van der Waals surface area contributed by atoms with Gasteiger partial charge in [0.15, 0.2) is 0 Å². The molecule has 0 aliphatic heterocycles. The van der Waals surface area contributed by atoms with Crippen LogP contribution in [0.4, 0.5) is 15.8 Å². The van der Waals surface area contributed by atoms with Crippen molar-refractivity contribution >= 4 is 28.2 Å². The monoisotopic (exact) mass is 283 g/mol. The number of nitrogen functional groups attached to an aromatic ring is 1. The molecule has 4 N–H and O–H groups in total. The topological polar surface area (TPSA) is 70.9 Å². The van der Waals surface area contributed by atoms with Gasteiger partial charge in [-0.1, -0.05) is 6.07 Å². The minimum atomic E-state index is -0.451. The Hall–Kier alpha value is -2.82. The van der Waals surface area contributed by atoms with Crippen LogP contribution in [-0.2, 0) is 0 Å². The molecule has 0 saturated carbocycles. The van der Waals surface area contributed by atoms with E-state index in [0.717, 1.165) is 16.5 Å². The first-order valence-corrected chi connectivity index (χ1v) is 6.49. The van der Waals surface area contributed by atoms with Crippen molar-refractivity contribution in [3.05, 3.63) is 59.5 Å². The van der Waals surface area contributed by atoms with Crippen molar-refractivity contribution in [3.63, 3.8) is 0 Å². The predicted octanol–water partition coefficient (Wildman–Crippen LogP) is 3.45. The highest BCUT2D eigenvalue weighted by Crippen LogP contribution is 2.22. The summed E-state index contributed by atoms with van der Waals surface area (Å²) < 4.78 is 13.8. The van der Waals surface area contributed by atoms with Crippen LogP contribution in [0.5, 0.6) is 0 Å². The molecule has 0 aliphatic rings. The van der Waals surface area contributed by atoms with E-state index in [0.29, 0.717) is 11.3 Å². The number of rotatable bonds is 2. The fourth-order valence-corrected chi connectivity index (χ4v) is 2.24. The molecule has 1 aromatic heterocycles. The first kappa shape index (κ1) is 13.2. The molecule has 4 nitrogen and oxygen atoms in total. The van der Waals surface area contributed by atoms with Gasteiger partial charge in [-0.05, 0) is 42.8 Å². The minimum absolute atomic E-state index is 0.162. The summed E-state index contributed by atoms with van der Waals surface area (Å²) in [4.78, 5) is 15.3. The van der Waals surface area contributed by atoms with Crippen molar-refractivity contribution in [1.29, 1.82) is 0 Å². The van der Waals surface area contributed by atoms with Crippen LogP contribution in [0, 0.1) is 12.7 Å². The number of nitrogens with one attached hydrogen (secondary N) is 2. The lowest BCUT2D eigenvalue weighted by Gasteiger charge is -2.06. The molecule has 0 radical (unpaired) electrons. The number of aromatic nitrogens is 1. The number of benzene rings is 2. The summed E-state index contributed by atoms with van der Waals surface area (Å²) in [6.07, 6.45) is 1.59. The molecule has 0 fully saturated rings. The van der Waals surface area contributed by atoms with E-state index < -0.39 is 5.82 Å². The summed E-state index contributed by atoms with van der Waals surface area (Å²) in [5, 5.41) is 3.33. The molecule has 0 saturated heterocycles. The van der Waals surface area contributed by atoms with E-state index in [9.17, 15) is 9.18 Å². The third kappa shape index (κ3) is 2.45. The summed E-state index contributed by atoms with van der Waals surface area (Å²) in [5.74, 6) is -0.818. The van der Waals surface area contributed by atoms with Crippen LogP contribution in [0.3, 0.4) is 0 Å². The molecule has 1 amide bonds. The summed E-state index contributed by atoms with van der Waals surface area (Å²) in [7, 11) is 0. The van der Waals surface area contributed by atoms with Crippen LogP contribution in [0.2, 0.25) is 0 Å². The summed E-state index contributed by atoms with van der Waals surface area (Å²) >= 11 is 0. The number of carbonyl (C=O) groups is 1. The van der Waals surface area contributed by atoms with Crippen LogP contribution in [-0.4, -0.2) is 10.9 Å². The number of hydrogen-bond acceptors (Lipinski definition) is 2. The zero-order chi connectivity index (χ0) is 15.0. The van der Waals surface area contributed by atoms with Gasteiger partial charge >= 0.3 is 0 Å². The van der Waals surface area contributed by atoms with Crippen LogP contribution < -0.4 is 11.1 Å². The maximum atomic E-state index is 13.8. The van der Waals surface area contributed by atoms with Gasteiger partial charge in [-0.2, -0.15) is 0 Å². The van der Waals surface area contributed by atoms with Crippen molar-refractivity contribution in [3.8, 4) is 0 Å². The number of nitrogens with two attached hydrogens (primary N) is 1. The van der Waals surface area contributed by atoms with Crippen molar-refractivity contribution in [2.24, 2.45) is 0 Å². The lowest BCUT2D eigenvalue weighted by atomic mass is 10.1. The van der Waals surface area contributed by atoms with Crippen LogP contribution >= 0.6 is 0 Å². The minimum Gasteiger partial charge on any atom is -0.399 e. The lowest BCUT2D eigenvalue weighted by molar-refractivity contribution is 0.102. The smallest absolute Gasteiger partial charge is 0.257 e. The van der Waals surface area contributed by atoms with Gasteiger partial charge in [0.2, 0.25) is 0 Å². The van der Waals surface area contributed by atoms with E-state index in [1.54, 1.807) is 43.5 Å². The number of amides is 1. The summed E-state index contributed by atoms with van der Waals surface area (Å²) in [6.45, 7) is 1.79. The third-order valence-electron chi connectivity index (χ3n) is 3.32. The van der Waals surface area contributed by atoms with Crippen LogP contribution in [0.25, 0.3) is 10.9 Å². The molecule has 2 aromatic carbocycles. The van der Waals surface area contributed by atoms with Crippen molar-refractivity contribution < 1.29 is 9.18 Å². The highest BCUT2D eigenvalue weighted by molar-refractivity contribution is 6.13. The average molecular weight is 283 g/mol. The quantitative estimate of drug-likeness (QED) is 0.630. The number of halogens is 1. The number of hydrogen-bond donors (Lipinski definition) is 3. The van der Waals surface area contributed by atoms with Crippen LogP contribution in [0.1, 0.15) is 15.9 Å². The molecule has 0 spiro atoms. The van der Waals surface area contributed by atoms with Crippen LogP contribution in [0.15, 0.2) is 42.6 Å². The first-order chi connectivity index (χ1) is 10.0.